The molecule has 2 rings (SSSR count). The van der Waals surface area contributed by atoms with E-state index in [0.29, 0.717) is 23.6 Å². The lowest BCUT2D eigenvalue weighted by atomic mass is 10.1. The maximum Gasteiger partial charge on any atom is 0.305 e. The Morgan fingerprint density at radius 3 is 2.80 bits per heavy atom. The van der Waals surface area contributed by atoms with Crippen LogP contribution in [-0.2, 0) is 5.75 Å². The minimum absolute atomic E-state index is 0.0351. The van der Waals surface area contributed by atoms with Crippen LogP contribution in [-0.4, -0.2) is 23.1 Å². The molecule has 0 heterocycles. The maximum atomic E-state index is 13.3. The van der Waals surface area contributed by atoms with Gasteiger partial charge in [-0.1, -0.05) is 18.2 Å². The summed E-state index contributed by atoms with van der Waals surface area (Å²) in [5, 5.41) is 22.3. The highest BCUT2D eigenvalue weighted by molar-refractivity contribution is 7.98. The molecular formula is C17H14FN3O3S. The zero-order valence-electron chi connectivity index (χ0n) is 13.1. The number of carbonyl (C=O) groups excluding carboxylic acids is 1. The normalized spacial score (nSPS) is 10.1. The van der Waals surface area contributed by atoms with Crippen molar-refractivity contribution in [1.29, 1.82) is 5.26 Å². The van der Waals surface area contributed by atoms with Crippen molar-refractivity contribution in [3.05, 3.63) is 75.1 Å². The zero-order valence-corrected chi connectivity index (χ0v) is 13.9. The molecule has 2 aromatic rings. The third-order valence-corrected chi connectivity index (χ3v) is 4.34. The van der Waals surface area contributed by atoms with Crippen molar-refractivity contribution in [3.8, 4) is 6.07 Å². The van der Waals surface area contributed by atoms with Crippen LogP contribution in [0.1, 0.15) is 21.5 Å². The molecule has 0 unspecified atom stereocenters. The fraction of sp³-hybridized carbons (Fsp3) is 0.176. The van der Waals surface area contributed by atoms with E-state index < -0.39 is 22.3 Å². The first-order chi connectivity index (χ1) is 12.0. The average Bonchev–Trinajstić information content (AvgIpc) is 2.61. The summed E-state index contributed by atoms with van der Waals surface area (Å²) < 4.78 is 13.3. The number of hydrogen-bond donors (Lipinski definition) is 1. The number of carbonyl (C=O) groups is 1. The highest BCUT2D eigenvalue weighted by atomic mass is 32.2. The first kappa shape index (κ1) is 18.4. The first-order valence-electron chi connectivity index (χ1n) is 7.31. The van der Waals surface area contributed by atoms with Gasteiger partial charge in [0, 0.05) is 29.7 Å². The number of nitrogens with one attached hydrogen (secondary N) is 1. The van der Waals surface area contributed by atoms with E-state index in [1.807, 2.05) is 12.1 Å². The van der Waals surface area contributed by atoms with Crippen molar-refractivity contribution in [3.63, 3.8) is 0 Å². The van der Waals surface area contributed by atoms with E-state index in [0.717, 1.165) is 17.7 Å². The van der Waals surface area contributed by atoms with Gasteiger partial charge in [-0.3, -0.25) is 14.9 Å². The fourth-order valence-corrected chi connectivity index (χ4v) is 2.93. The Hall–Kier alpha value is -2.92. The summed E-state index contributed by atoms with van der Waals surface area (Å²) in [4.78, 5) is 21.8. The van der Waals surface area contributed by atoms with Crippen molar-refractivity contribution < 1.29 is 14.1 Å². The molecule has 1 amide bonds. The van der Waals surface area contributed by atoms with E-state index in [-0.39, 0.29) is 5.56 Å². The van der Waals surface area contributed by atoms with Gasteiger partial charge in [0.25, 0.3) is 5.91 Å². The summed E-state index contributed by atoms with van der Waals surface area (Å²) in [5.74, 6) is -0.231. The molecule has 0 radical (unpaired) electrons. The summed E-state index contributed by atoms with van der Waals surface area (Å²) in [7, 11) is 0. The maximum absolute atomic E-state index is 13.3. The van der Waals surface area contributed by atoms with E-state index in [1.54, 1.807) is 23.9 Å². The van der Waals surface area contributed by atoms with Gasteiger partial charge in [0.15, 0.2) is 0 Å². The van der Waals surface area contributed by atoms with Gasteiger partial charge >= 0.3 is 5.69 Å². The number of amides is 1. The van der Waals surface area contributed by atoms with Crippen LogP contribution >= 0.6 is 11.8 Å². The van der Waals surface area contributed by atoms with Crippen LogP contribution in [0, 0.1) is 27.3 Å². The van der Waals surface area contributed by atoms with Crippen molar-refractivity contribution >= 4 is 23.4 Å². The molecule has 8 heteroatoms. The highest BCUT2D eigenvalue weighted by Gasteiger charge is 2.17. The fourth-order valence-electron chi connectivity index (χ4n) is 2.07. The van der Waals surface area contributed by atoms with Crippen LogP contribution in [0.2, 0.25) is 0 Å². The Bertz CT molecular complexity index is 836. The molecule has 0 saturated heterocycles. The summed E-state index contributed by atoms with van der Waals surface area (Å²) >= 11 is 1.55. The molecule has 0 aliphatic rings. The molecule has 2 aromatic carbocycles. The smallest absolute Gasteiger partial charge is 0.305 e. The highest BCUT2D eigenvalue weighted by Crippen LogP contribution is 2.19. The lowest BCUT2D eigenvalue weighted by molar-refractivity contribution is -0.387. The summed E-state index contributed by atoms with van der Waals surface area (Å²) in [6.07, 6.45) is 0. The van der Waals surface area contributed by atoms with Gasteiger partial charge in [-0.05, 0) is 23.8 Å². The summed E-state index contributed by atoms with van der Waals surface area (Å²) in [5.41, 5.74) is 0.858. The Morgan fingerprint density at radius 2 is 2.08 bits per heavy atom. The van der Waals surface area contributed by atoms with Gasteiger partial charge in [0.2, 0.25) is 5.82 Å². The van der Waals surface area contributed by atoms with Crippen LogP contribution in [0.5, 0.6) is 0 Å². The van der Waals surface area contributed by atoms with E-state index >= 15 is 0 Å². The number of hydrogen-bond acceptors (Lipinski definition) is 5. The topological polar surface area (TPSA) is 96.0 Å². The van der Waals surface area contributed by atoms with Crippen molar-refractivity contribution in [2.24, 2.45) is 0 Å². The van der Waals surface area contributed by atoms with Gasteiger partial charge in [0.05, 0.1) is 16.6 Å². The molecule has 0 aliphatic heterocycles. The largest absolute Gasteiger partial charge is 0.351 e. The number of halogens is 1. The van der Waals surface area contributed by atoms with Gasteiger partial charge in [-0.25, -0.2) is 0 Å². The second kappa shape index (κ2) is 8.80. The Kier molecular flexibility index (Phi) is 6.48. The molecule has 0 atom stereocenters. The number of nitro benzene ring substituents is 1. The summed E-state index contributed by atoms with van der Waals surface area (Å²) in [6.45, 7) is 0.351. The van der Waals surface area contributed by atoms with Gasteiger partial charge in [-0.15, -0.1) is 0 Å². The lowest BCUT2D eigenvalue weighted by Gasteiger charge is -2.06. The van der Waals surface area contributed by atoms with E-state index in [1.165, 1.54) is 6.07 Å². The van der Waals surface area contributed by atoms with Crippen molar-refractivity contribution in [1.82, 2.24) is 5.32 Å². The van der Waals surface area contributed by atoms with Gasteiger partial charge in [-0.2, -0.15) is 21.4 Å². The van der Waals surface area contributed by atoms with Crippen LogP contribution in [0.25, 0.3) is 0 Å². The van der Waals surface area contributed by atoms with Crippen LogP contribution in [0.4, 0.5) is 10.1 Å². The second-order valence-electron chi connectivity index (χ2n) is 5.00. The minimum Gasteiger partial charge on any atom is -0.351 e. The Morgan fingerprint density at radius 1 is 1.32 bits per heavy atom. The van der Waals surface area contributed by atoms with Crippen molar-refractivity contribution in [2.75, 3.05) is 12.3 Å². The molecule has 0 bridgehead atoms. The molecule has 0 fully saturated rings. The van der Waals surface area contributed by atoms with E-state index in [2.05, 4.69) is 11.4 Å². The molecule has 6 nitrogen and oxygen atoms in total. The number of benzene rings is 2. The van der Waals surface area contributed by atoms with Crippen LogP contribution in [0.15, 0.2) is 42.5 Å². The average molecular weight is 359 g/mol. The zero-order chi connectivity index (χ0) is 18.2. The molecule has 25 heavy (non-hydrogen) atoms. The Balaban J connectivity index is 1.82. The first-order valence-corrected chi connectivity index (χ1v) is 8.46. The number of thioether (sulfide) groups is 1. The molecule has 0 saturated carbocycles. The molecule has 0 aliphatic carbocycles. The minimum atomic E-state index is -0.978. The molecule has 0 aromatic heterocycles. The molecular weight excluding hydrogens is 345 g/mol. The Labute approximate surface area is 147 Å². The third kappa shape index (κ3) is 5.02. The molecule has 0 spiro atoms. The number of nitriles is 1. The predicted octanol–water partition coefficient (Wildman–Crippen LogP) is 3.27. The summed E-state index contributed by atoms with van der Waals surface area (Å²) in [6, 6.07) is 12.4. The quantitative estimate of drug-likeness (QED) is 0.465. The number of rotatable bonds is 7. The lowest BCUT2D eigenvalue weighted by Crippen LogP contribution is -2.25. The van der Waals surface area contributed by atoms with Gasteiger partial charge < -0.3 is 5.32 Å². The monoisotopic (exact) mass is 359 g/mol. The van der Waals surface area contributed by atoms with Gasteiger partial charge in [0.1, 0.15) is 0 Å². The van der Waals surface area contributed by atoms with E-state index in [9.17, 15) is 19.3 Å². The van der Waals surface area contributed by atoms with Crippen LogP contribution < -0.4 is 5.32 Å². The number of nitro groups is 1. The molecule has 128 valence electrons. The van der Waals surface area contributed by atoms with E-state index in [4.69, 9.17) is 5.26 Å². The van der Waals surface area contributed by atoms with Crippen LogP contribution in [0.3, 0.4) is 0 Å². The molecule has 1 N–H and O–H groups in total. The third-order valence-electron chi connectivity index (χ3n) is 3.33. The standard InChI is InChI=1S/C17H14FN3O3S/c18-15-6-5-12(9-16(15)21(23)24)17(22)20-7-8-25-11-14-4-2-1-3-13(14)10-19/h1-6,9H,7-8,11H2,(H,20,22). The SMILES string of the molecule is N#Cc1ccccc1CSCCNC(=O)c1ccc(F)c([N+](=O)[O-])c1. The number of nitrogens with zero attached hydrogens (tertiary/aromatic N) is 2. The second-order valence-corrected chi connectivity index (χ2v) is 6.11. The van der Waals surface area contributed by atoms with Crippen molar-refractivity contribution in [2.45, 2.75) is 5.75 Å². The predicted molar refractivity (Wildman–Crippen MR) is 92.7 cm³/mol.